The van der Waals surface area contributed by atoms with Gasteiger partial charge in [-0.15, -0.1) is 0 Å². The van der Waals surface area contributed by atoms with Crippen LogP contribution in [0.5, 0.6) is 0 Å². The zero-order valence-corrected chi connectivity index (χ0v) is 14.7. The van der Waals surface area contributed by atoms with Crippen LogP contribution in [0.3, 0.4) is 0 Å². The highest BCUT2D eigenvalue weighted by atomic mass is 35.5. The smallest absolute Gasteiger partial charge is 0.250 e. The quantitative estimate of drug-likeness (QED) is 0.698. The summed E-state index contributed by atoms with van der Waals surface area (Å²) in [5.74, 6) is -2.21. The average molecular weight is 378 g/mol. The third kappa shape index (κ3) is 3.77. The van der Waals surface area contributed by atoms with Crippen LogP contribution in [0.15, 0.2) is 30.9 Å². The fourth-order valence-corrected chi connectivity index (χ4v) is 3.55. The van der Waals surface area contributed by atoms with Crippen LogP contribution in [0.25, 0.3) is 11.0 Å². The Balaban J connectivity index is 1.45. The number of fused-ring (bicyclic) bond motifs is 1. The molecular formula is C18H18ClF2N5. The summed E-state index contributed by atoms with van der Waals surface area (Å²) in [7, 11) is 0. The molecule has 3 aromatic rings. The highest BCUT2D eigenvalue weighted by Gasteiger charge is 2.36. The maximum atomic E-state index is 13.5. The molecule has 3 aromatic heterocycles. The minimum Gasteiger partial charge on any atom is -0.351 e. The zero-order valence-electron chi connectivity index (χ0n) is 14.0. The molecule has 4 rings (SSSR count). The fourth-order valence-electron chi connectivity index (χ4n) is 3.40. The molecule has 5 nitrogen and oxygen atoms in total. The summed E-state index contributed by atoms with van der Waals surface area (Å²) >= 11 is 6.02. The molecule has 1 saturated carbocycles. The lowest BCUT2D eigenvalue weighted by atomic mass is 9.92. The van der Waals surface area contributed by atoms with Crippen molar-refractivity contribution in [1.29, 1.82) is 0 Å². The second-order valence-corrected chi connectivity index (χ2v) is 7.19. The molecule has 0 bridgehead atoms. The number of aromatic amines is 1. The first-order valence-electron chi connectivity index (χ1n) is 8.55. The highest BCUT2D eigenvalue weighted by molar-refractivity contribution is 6.31. The maximum absolute atomic E-state index is 13.5. The zero-order chi connectivity index (χ0) is 18.1. The van der Waals surface area contributed by atoms with Crippen molar-refractivity contribution in [2.45, 2.75) is 44.1 Å². The second-order valence-electron chi connectivity index (χ2n) is 6.75. The minimum absolute atomic E-state index is 0.0333. The van der Waals surface area contributed by atoms with Crippen LogP contribution in [0, 0.1) is 0 Å². The van der Waals surface area contributed by atoms with Gasteiger partial charge in [0.15, 0.2) is 0 Å². The number of nitrogens with zero attached hydrogens (tertiary/aromatic N) is 3. The molecule has 0 saturated heterocycles. The number of H-pyrrole nitrogens is 1. The van der Waals surface area contributed by atoms with E-state index < -0.39 is 5.92 Å². The molecule has 1 atom stereocenters. The maximum Gasteiger partial charge on any atom is 0.250 e. The van der Waals surface area contributed by atoms with Crippen LogP contribution >= 0.6 is 11.6 Å². The number of halogens is 3. The van der Waals surface area contributed by atoms with E-state index in [9.17, 15) is 8.78 Å². The summed E-state index contributed by atoms with van der Waals surface area (Å²) in [5, 5.41) is 4.57. The Hall–Kier alpha value is -2.28. The Morgan fingerprint density at radius 1 is 1.23 bits per heavy atom. The number of hydrogen-bond donors (Lipinski definition) is 2. The lowest BCUT2D eigenvalue weighted by Crippen LogP contribution is -2.34. The first-order chi connectivity index (χ1) is 12.5. The average Bonchev–Trinajstić information content (AvgIpc) is 2.98. The van der Waals surface area contributed by atoms with Gasteiger partial charge < -0.3 is 10.3 Å². The van der Waals surface area contributed by atoms with Crippen molar-refractivity contribution in [1.82, 2.24) is 19.9 Å². The van der Waals surface area contributed by atoms with E-state index in [-0.39, 0.29) is 18.9 Å². The van der Waals surface area contributed by atoms with Gasteiger partial charge >= 0.3 is 0 Å². The Bertz CT molecular complexity index is 910. The first-order valence-corrected chi connectivity index (χ1v) is 8.93. The lowest BCUT2D eigenvalue weighted by Gasteiger charge is -2.29. The number of pyridine rings is 1. The number of hydrogen-bond acceptors (Lipinski definition) is 4. The van der Waals surface area contributed by atoms with Crippen LogP contribution < -0.4 is 5.32 Å². The van der Waals surface area contributed by atoms with Gasteiger partial charge in [-0.25, -0.2) is 23.7 Å². The van der Waals surface area contributed by atoms with E-state index >= 15 is 0 Å². The number of alkyl halides is 2. The van der Waals surface area contributed by atoms with Crippen molar-refractivity contribution in [3.05, 3.63) is 47.0 Å². The summed E-state index contributed by atoms with van der Waals surface area (Å²) in [6, 6.07) is 1.59. The molecule has 1 fully saturated rings. The van der Waals surface area contributed by atoms with E-state index in [1.54, 1.807) is 18.6 Å². The molecular weight excluding hydrogens is 360 g/mol. The molecule has 0 spiro atoms. The van der Waals surface area contributed by atoms with Crippen LogP contribution in [0.1, 0.15) is 36.8 Å². The normalized spacial score (nSPS) is 19.6. The van der Waals surface area contributed by atoms with E-state index in [4.69, 9.17) is 11.6 Å². The molecule has 8 heteroatoms. The fraction of sp³-hybridized carbons (Fsp3) is 0.389. The standard InChI is InChI=1S/C18H18ClF2N5/c19-13-5-15-12(9-22-16(15)23-10-13)4-11-7-24-17(25-8-11)26-14-2-1-3-18(20,21)6-14/h5,7-10,14H,1-4,6H2,(H,22,23)(H,24,25,26). The van der Waals surface area contributed by atoms with Crippen molar-refractivity contribution in [2.24, 2.45) is 0 Å². The van der Waals surface area contributed by atoms with Gasteiger partial charge in [-0.3, -0.25) is 0 Å². The summed E-state index contributed by atoms with van der Waals surface area (Å²) in [4.78, 5) is 15.9. The number of anilines is 1. The van der Waals surface area contributed by atoms with Gasteiger partial charge in [-0.2, -0.15) is 0 Å². The summed E-state index contributed by atoms with van der Waals surface area (Å²) in [6.45, 7) is 0. The summed E-state index contributed by atoms with van der Waals surface area (Å²) < 4.78 is 27.0. The first kappa shape index (κ1) is 17.1. The molecule has 3 heterocycles. The van der Waals surface area contributed by atoms with E-state index in [2.05, 4.69) is 25.3 Å². The van der Waals surface area contributed by atoms with E-state index in [0.717, 1.165) is 22.2 Å². The van der Waals surface area contributed by atoms with Gasteiger partial charge in [-0.05, 0) is 30.0 Å². The molecule has 26 heavy (non-hydrogen) atoms. The lowest BCUT2D eigenvalue weighted by molar-refractivity contribution is -0.0374. The van der Waals surface area contributed by atoms with Crippen LogP contribution in [0.4, 0.5) is 14.7 Å². The predicted molar refractivity (Wildman–Crippen MR) is 96.8 cm³/mol. The molecule has 0 aromatic carbocycles. The summed E-state index contributed by atoms with van der Waals surface area (Å²) in [6.07, 6.45) is 8.58. The van der Waals surface area contributed by atoms with Crippen LogP contribution in [0.2, 0.25) is 5.02 Å². The van der Waals surface area contributed by atoms with Crippen molar-refractivity contribution in [3.63, 3.8) is 0 Å². The number of rotatable bonds is 4. The number of aromatic nitrogens is 4. The van der Waals surface area contributed by atoms with Crippen LogP contribution in [-0.2, 0) is 6.42 Å². The van der Waals surface area contributed by atoms with Crippen molar-refractivity contribution >= 4 is 28.6 Å². The van der Waals surface area contributed by atoms with Gasteiger partial charge in [0.25, 0.3) is 0 Å². The van der Waals surface area contributed by atoms with E-state index in [0.29, 0.717) is 30.2 Å². The van der Waals surface area contributed by atoms with E-state index in [1.807, 2.05) is 12.3 Å². The van der Waals surface area contributed by atoms with Crippen LogP contribution in [-0.4, -0.2) is 31.9 Å². The summed E-state index contributed by atoms with van der Waals surface area (Å²) in [5.41, 5.74) is 2.75. The van der Waals surface area contributed by atoms with Gasteiger partial charge in [0.05, 0.1) is 5.02 Å². The van der Waals surface area contributed by atoms with Gasteiger partial charge in [0.1, 0.15) is 5.65 Å². The molecule has 136 valence electrons. The largest absolute Gasteiger partial charge is 0.351 e. The topological polar surface area (TPSA) is 66.5 Å². The monoisotopic (exact) mass is 377 g/mol. The molecule has 1 aliphatic rings. The third-order valence-electron chi connectivity index (χ3n) is 4.66. The molecule has 0 amide bonds. The third-order valence-corrected chi connectivity index (χ3v) is 4.86. The van der Waals surface area contributed by atoms with Gasteiger partial charge in [0, 0.05) is 55.5 Å². The van der Waals surface area contributed by atoms with Crippen molar-refractivity contribution in [3.8, 4) is 0 Å². The Kier molecular flexibility index (Phi) is 4.48. The van der Waals surface area contributed by atoms with Crippen molar-refractivity contribution < 1.29 is 8.78 Å². The predicted octanol–water partition coefficient (Wildman–Crippen LogP) is 4.59. The molecule has 1 aliphatic carbocycles. The molecule has 1 unspecified atom stereocenters. The molecule has 0 aliphatic heterocycles. The molecule has 0 radical (unpaired) electrons. The Morgan fingerprint density at radius 3 is 2.81 bits per heavy atom. The minimum atomic E-state index is -2.60. The Morgan fingerprint density at radius 2 is 2.04 bits per heavy atom. The number of nitrogens with one attached hydrogen (secondary N) is 2. The van der Waals surface area contributed by atoms with Gasteiger partial charge in [0.2, 0.25) is 11.9 Å². The van der Waals surface area contributed by atoms with Crippen molar-refractivity contribution in [2.75, 3.05) is 5.32 Å². The van der Waals surface area contributed by atoms with E-state index in [1.165, 1.54) is 0 Å². The SMILES string of the molecule is FC1(F)CCCC(Nc2ncc(Cc3c[nH]c4ncc(Cl)cc34)cn2)C1. The Labute approximate surface area is 154 Å². The molecule has 2 N–H and O–H groups in total. The second kappa shape index (κ2) is 6.79. The van der Waals surface area contributed by atoms with Gasteiger partial charge in [-0.1, -0.05) is 11.6 Å². The highest BCUT2D eigenvalue weighted by Crippen LogP contribution is 2.34.